The summed E-state index contributed by atoms with van der Waals surface area (Å²) in [4.78, 5) is 15.1. The highest BCUT2D eigenvalue weighted by Gasteiger charge is 2.32. The van der Waals surface area contributed by atoms with Crippen LogP contribution in [0.3, 0.4) is 0 Å². The third-order valence-electron chi connectivity index (χ3n) is 4.99. The van der Waals surface area contributed by atoms with Crippen LogP contribution in [0.5, 0.6) is 11.5 Å². The Labute approximate surface area is 200 Å². The maximum absolute atomic E-state index is 12.9. The van der Waals surface area contributed by atoms with Crippen molar-refractivity contribution in [2.24, 2.45) is 0 Å². The van der Waals surface area contributed by atoms with Gasteiger partial charge in [-0.2, -0.15) is 0 Å². The number of furan rings is 1. The molecular weight excluding hydrogens is 466 g/mol. The zero-order chi connectivity index (χ0) is 22.7. The molecule has 0 radical (unpaired) electrons. The number of carbonyl (C=O) groups excluding carboxylic acids is 1. The summed E-state index contributed by atoms with van der Waals surface area (Å²) in [5, 5.41) is 0.606. The molecule has 3 aromatic rings. The minimum atomic E-state index is -0.129. The monoisotopic (exact) mass is 485 g/mol. The van der Waals surface area contributed by atoms with Crippen LogP contribution in [0.25, 0.3) is 17.4 Å². The Morgan fingerprint density at radius 2 is 1.88 bits per heavy atom. The van der Waals surface area contributed by atoms with Gasteiger partial charge in [-0.1, -0.05) is 53.8 Å². The number of benzene rings is 2. The van der Waals surface area contributed by atoms with Gasteiger partial charge in [0.05, 0.1) is 24.1 Å². The van der Waals surface area contributed by atoms with Crippen molar-refractivity contribution in [1.82, 2.24) is 4.90 Å². The van der Waals surface area contributed by atoms with E-state index in [1.807, 2.05) is 54.6 Å². The van der Waals surface area contributed by atoms with Crippen LogP contribution in [-0.4, -0.2) is 35.9 Å². The summed E-state index contributed by atoms with van der Waals surface area (Å²) >= 11 is 13.0. The number of thiocarbonyl (C=S) groups is 1. The van der Waals surface area contributed by atoms with Crippen molar-refractivity contribution >= 4 is 51.9 Å². The molecule has 2 heterocycles. The number of carbonyl (C=O) groups is 1. The first kappa shape index (κ1) is 22.5. The van der Waals surface area contributed by atoms with Crippen molar-refractivity contribution in [3.63, 3.8) is 0 Å². The van der Waals surface area contributed by atoms with Gasteiger partial charge in [0.1, 0.15) is 15.8 Å². The first-order valence-corrected chi connectivity index (χ1v) is 11.4. The Balaban J connectivity index is 1.46. The standard InChI is InChI=1S/C24H20ClNO4S2/c1-28-20-9-7-15(13-21(20)29-2)11-12-26-23(27)22(32-24(26)31)14-16-8-10-19(30-16)17-5-3-4-6-18(17)25/h3-10,13-14H,11-12H2,1-2H3/b22-14+. The van der Waals surface area contributed by atoms with E-state index in [0.29, 0.717) is 50.2 Å². The Morgan fingerprint density at radius 1 is 1.09 bits per heavy atom. The second kappa shape index (κ2) is 9.81. The second-order valence-electron chi connectivity index (χ2n) is 6.95. The van der Waals surface area contributed by atoms with Crippen LogP contribution < -0.4 is 9.47 Å². The quantitative estimate of drug-likeness (QED) is 0.299. The van der Waals surface area contributed by atoms with Crippen LogP contribution in [0.15, 0.2) is 63.9 Å². The first-order valence-electron chi connectivity index (χ1n) is 9.81. The highest BCUT2D eigenvalue weighted by Crippen LogP contribution is 2.35. The summed E-state index contributed by atoms with van der Waals surface area (Å²) in [6, 6.07) is 16.8. The highest BCUT2D eigenvalue weighted by atomic mass is 35.5. The fraction of sp³-hybridized carbons (Fsp3) is 0.167. The molecule has 1 aromatic heterocycles. The predicted molar refractivity (Wildman–Crippen MR) is 132 cm³/mol. The largest absolute Gasteiger partial charge is 0.493 e. The number of rotatable bonds is 7. The van der Waals surface area contributed by atoms with Gasteiger partial charge in [0.2, 0.25) is 0 Å². The fourth-order valence-corrected chi connectivity index (χ4v) is 4.85. The van der Waals surface area contributed by atoms with E-state index < -0.39 is 0 Å². The lowest BCUT2D eigenvalue weighted by atomic mass is 10.1. The summed E-state index contributed by atoms with van der Waals surface area (Å²) in [6.07, 6.45) is 2.35. The Bertz CT molecular complexity index is 1200. The lowest BCUT2D eigenvalue weighted by Gasteiger charge is -2.15. The molecule has 0 atom stereocenters. The molecule has 1 aliphatic rings. The van der Waals surface area contributed by atoms with Gasteiger partial charge in [0.25, 0.3) is 5.91 Å². The number of amides is 1. The number of ether oxygens (including phenoxy) is 2. The van der Waals surface area contributed by atoms with Gasteiger partial charge in [0.15, 0.2) is 11.5 Å². The average Bonchev–Trinajstić information content (AvgIpc) is 3.36. The molecule has 0 spiro atoms. The van der Waals surface area contributed by atoms with Crippen LogP contribution in [0, 0.1) is 0 Å². The molecule has 0 aliphatic carbocycles. The molecule has 1 aliphatic heterocycles. The van der Waals surface area contributed by atoms with Crippen LogP contribution in [0.1, 0.15) is 11.3 Å². The van der Waals surface area contributed by atoms with Gasteiger partial charge in [-0.05, 0) is 48.4 Å². The van der Waals surface area contributed by atoms with E-state index in [1.165, 1.54) is 11.8 Å². The van der Waals surface area contributed by atoms with Crippen LogP contribution in [0.2, 0.25) is 5.02 Å². The molecule has 0 saturated carbocycles. The van der Waals surface area contributed by atoms with Gasteiger partial charge in [-0.25, -0.2) is 0 Å². The van der Waals surface area contributed by atoms with E-state index in [2.05, 4.69) is 0 Å². The second-order valence-corrected chi connectivity index (χ2v) is 9.04. The molecule has 2 aromatic carbocycles. The van der Waals surface area contributed by atoms with Gasteiger partial charge in [-0.15, -0.1) is 0 Å². The molecule has 4 rings (SSSR count). The molecule has 1 amide bonds. The number of methoxy groups -OCH3 is 2. The molecule has 164 valence electrons. The molecule has 5 nitrogen and oxygen atoms in total. The minimum Gasteiger partial charge on any atom is -0.493 e. The predicted octanol–water partition coefficient (Wildman–Crippen LogP) is 6.06. The van der Waals surface area contributed by atoms with Crippen molar-refractivity contribution in [2.45, 2.75) is 6.42 Å². The Kier molecular flexibility index (Phi) is 6.89. The summed E-state index contributed by atoms with van der Waals surface area (Å²) < 4.78 is 17.0. The van der Waals surface area contributed by atoms with E-state index in [1.54, 1.807) is 25.2 Å². The summed E-state index contributed by atoms with van der Waals surface area (Å²) in [7, 11) is 3.20. The minimum absolute atomic E-state index is 0.129. The lowest BCUT2D eigenvalue weighted by molar-refractivity contribution is -0.122. The van der Waals surface area contributed by atoms with Crippen molar-refractivity contribution < 1.29 is 18.7 Å². The van der Waals surface area contributed by atoms with E-state index in [0.717, 1.165) is 11.1 Å². The maximum Gasteiger partial charge on any atom is 0.266 e. The number of halogens is 1. The van der Waals surface area contributed by atoms with Crippen LogP contribution in [0.4, 0.5) is 0 Å². The number of thioether (sulfide) groups is 1. The number of nitrogens with zero attached hydrogens (tertiary/aromatic N) is 1. The maximum atomic E-state index is 12.9. The topological polar surface area (TPSA) is 51.9 Å². The molecule has 0 bridgehead atoms. The zero-order valence-electron chi connectivity index (χ0n) is 17.5. The third kappa shape index (κ3) is 4.70. The normalized spacial score (nSPS) is 15.0. The molecule has 0 N–H and O–H groups in total. The third-order valence-corrected chi connectivity index (χ3v) is 6.69. The summed E-state index contributed by atoms with van der Waals surface area (Å²) in [6.45, 7) is 0.473. The number of hydrogen-bond donors (Lipinski definition) is 0. The molecule has 0 unspecified atom stereocenters. The molecular formula is C24H20ClNO4S2. The van der Waals surface area contributed by atoms with E-state index in [9.17, 15) is 4.79 Å². The fourth-order valence-electron chi connectivity index (χ4n) is 3.34. The van der Waals surface area contributed by atoms with Crippen LogP contribution >= 0.6 is 35.6 Å². The van der Waals surface area contributed by atoms with Crippen molar-refractivity contribution in [3.05, 3.63) is 75.8 Å². The average molecular weight is 486 g/mol. The van der Waals surface area contributed by atoms with E-state index in [-0.39, 0.29) is 5.91 Å². The summed E-state index contributed by atoms with van der Waals surface area (Å²) in [5.74, 6) is 2.41. The molecule has 32 heavy (non-hydrogen) atoms. The lowest BCUT2D eigenvalue weighted by Crippen LogP contribution is -2.30. The molecule has 1 saturated heterocycles. The Morgan fingerprint density at radius 3 is 2.62 bits per heavy atom. The van der Waals surface area contributed by atoms with Gasteiger partial charge in [-0.3, -0.25) is 9.69 Å². The van der Waals surface area contributed by atoms with Gasteiger partial charge in [0, 0.05) is 18.2 Å². The van der Waals surface area contributed by atoms with Crippen LogP contribution in [-0.2, 0) is 11.2 Å². The van der Waals surface area contributed by atoms with E-state index in [4.69, 9.17) is 37.7 Å². The van der Waals surface area contributed by atoms with Gasteiger partial charge < -0.3 is 13.9 Å². The van der Waals surface area contributed by atoms with E-state index >= 15 is 0 Å². The molecule has 1 fully saturated rings. The van der Waals surface area contributed by atoms with Crippen molar-refractivity contribution in [1.29, 1.82) is 0 Å². The number of hydrogen-bond acceptors (Lipinski definition) is 6. The smallest absolute Gasteiger partial charge is 0.266 e. The SMILES string of the molecule is COc1ccc(CCN2C(=O)/C(=C\c3ccc(-c4ccccc4Cl)o3)SC2=S)cc1OC. The first-order chi connectivity index (χ1) is 15.5. The highest BCUT2D eigenvalue weighted by molar-refractivity contribution is 8.26. The van der Waals surface area contributed by atoms with Crippen molar-refractivity contribution in [3.8, 4) is 22.8 Å². The zero-order valence-corrected chi connectivity index (χ0v) is 19.9. The van der Waals surface area contributed by atoms with Gasteiger partial charge >= 0.3 is 0 Å². The Hall–Kier alpha value is -2.74. The van der Waals surface area contributed by atoms with Crippen molar-refractivity contribution in [2.75, 3.05) is 20.8 Å². The molecule has 8 heteroatoms. The summed E-state index contributed by atoms with van der Waals surface area (Å²) in [5.41, 5.74) is 1.83.